The second-order valence-corrected chi connectivity index (χ2v) is 9.10. The average Bonchev–Trinajstić information content (AvgIpc) is 3.08. The van der Waals surface area contributed by atoms with Gasteiger partial charge in [0.15, 0.2) is 0 Å². The lowest BCUT2D eigenvalue weighted by Crippen LogP contribution is -2.48. The first-order valence-corrected chi connectivity index (χ1v) is 11.5. The molecule has 1 saturated heterocycles. The summed E-state index contributed by atoms with van der Waals surface area (Å²) in [6.07, 6.45) is 3.87. The smallest absolute Gasteiger partial charge is 0.260 e. The lowest BCUT2D eigenvalue weighted by atomic mass is 9.56. The number of hydrogen-bond acceptors (Lipinski definition) is 4. The van der Waals surface area contributed by atoms with E-state index in [2.05, 4.69) is 12.0 Å². The fourth-order valence-corrected chi connectivity index (χ4v) is 5.49. The van der Waals surface area contributed by atoms with Crippen molar-refractivity contribution in [2.45, 2.75) is 17.8 Å². The van der Waals surface area contributed by atoms with E-state index >= 15 is 0 Å². The van der Waals surface area contributed by atoms with E-state index < -0.39 is 34.9 Å². The number of benzene rings is 3. The zero-order valence-electron chi connectivity index (χ0n) is 18.6. The summed E-state index contributed by atoms with van der Waals surface area (Å²) >= 11 is 6.17. The molecular formula is C28H22ClFN2O3. The molecule has 1 aliphatic carbocycles. The van der Waals surface area contributed by atoms with Crippen LogP contribution in [0.5, 0.6) is 5.75 Å². The Bertz CT molecular complexity index is 1350. The highest BCUT2D eigenvalue weighted by molar-refractivity contribution is 6.30. The molecule has 0 saturated carbocycles. The SMILES string of the molecule is C=CC1=CC[C@H]2C(=O)N(Nc3ccc(F)cc3)C(=O)[C@@]2(c2ccc(Cl)cc2)[C@H]1c1ccccc1O. The van der Waals surface area contributed by atoms with Gasteiger partial charge in [0.25, 0.3) is 11.8 Å². The first-order valence-electron chi connectivity index (χ1n) is 11.1. The Morgan fingerprint density at radius 3 is 2.40 bits per heavy atom. The van der Waals surface area contributed by atoms with Gasteiger partial charge in [-0.25, -0.2) is 4.39 Å². The van der Waals surface area contributed by atoms with Gasteiger partial charge in [0, 0.05) is 16.5 Å². The van der Waals surface area contributed by atoms with Crippen LogP contribution in [-0.4, -0.2) is 21.9 Å². The number of nitrogens with zero attached hydrogens (tertiary/aromatic N) is 1. The van der Waals surface area contributed by atoms with Gasteiger partial charge in [-0.1, -0.05) is 60.7 Å². The number of fused-ring (bicyclic) bond motifs is 1. The average molecular weight is 489 g/mol. The number of imide groups is 1. The molecule has 1 fully saturated rings. The number of aromatic hydroxyl groups is 1. The maximum Gasteiger partial charge on any atom is 0.260 e. The molecule has 2 aliphatic rings. The van der Waals surface area contributed by atoms with Crippen molar-refractivity contribution in [3.05, 3.63) is 119 Å². The molecule has 1 aliphatic heterocycles. The second kappa shape index (κ2) is 8.71. The third-order valence-electron chi connectivity index (χ3n) is 6.89. The molecule has 3 atom stereocenters. The van der Waals surface area contributed by atoms with E-state index in [0.29, 0.717) is 28.3 Å². The summed E-state index contributed by atoms with van der Waals surface area (Å²) in [5, 5.41) is 12.3. The number of para-hydroxylation sites is 1. The number of halogens is 2. The number of anilines is 1. The summed E-state index contributed by atoms with van der Waals surface area (Å²) < 4.78 is 13.4. The van der Waals surface area contributed by atoms with Gasteiger partial charge in [-0.05, 0) is 60.0 Å². The molecule has 5 nitrogen and oxygen atoms in total. The molecule has 0 unspecified atom stereocenters. The Labute approximate surface area is 207 Å². The normalized spacial score (nSPS) is 23.6. The van der Waals surface area contributed by atoms with Gasteiger partial charge in [-0.3, -0.25) is 15.0 Å². The van der Waals surface area contributed by atoms with E-state index in [1.54, 1.807) is 54.6 Å². The first-order chi connectivity index (χ1) is 16.9. The van der Waals surface area contributed by atoms with Crippen LogP contribution in [0.1, 0.15) is 23.5 Å². The largest absolute Gasteiger partial charge is 0.508 e. The lowest BCUT2D eigenvalue weighted by Gasteiger charge is -2.43. The van der Waals surface area contributed by atoms with Gasteiger partial charge in [0.1, 0.15) is 11.6 Å². The summed E-state index contributed by atoms with van der Waals surface area (Å²) in [6, 6.07) is 19.1. The zero-order chi connectivity index (χ0) is 24.7. The number of amides is 2. The highest BCUT2D eigenvalue weighted by Crippen LogP contribution is 2.58. The molecule has 1 heterocycles. The summed E-state index contributed by atoms with van der Waals surface area (Å²) in [4.78, 5) is 28.1. The minimum absolute atomic E-state index is 0.0180. The third-order valence-corrected chi connectivity index (χ3v) is 7.15. The van der Waals surface area contributed by atoms with Crippen molar-refractivity contribution >= 4 is 29.1 Å². The van der Waals surface area contributed by atoms with E-state index in [0.717, 1.165) is 10.6 Å². The van der Waals surface area contributed by atoms with Crippen molar-refractivity contribution in [2.75, 3.05) is 5.43 Å². The maximum atomic E-state index is 14.4. The van der Waals surface area contributed by atoms with Crippen LogP contribution < -0.4 is 5.43 Å². The van der Waals surface area contributed by atoms with Gasteiger partial charge in [0.05, 0.1) is 17.0 Å². The highest BCUT2D eigenvalue weighted by atomic mass is 35.5. The van der Waals surface area contributed by atoms with Crippen LogP contribution in [0.4, 0.5) is 10.1 Å². The summed E-state index contributed by atoms with van der Waals surface area (Å²) in [5.41, 5.74) is 3.77. The molecule has 35 heavy (non-hydrogen) atoms. The van der Waals surface area contributed by atoms with E-state index in [9.17, 15) is 19.1 Å². The maximum absolute atomic E-state index is 14.4. The molecule has 3 aromatic rings. The number of hydrazine groups is 1. The van der Waals surface area contributed by atoms with Crippen LogP contribution >= 0.6 is 11.6 Å². The van der Waals surface area contributed by atoms with E-state index in [1.165, 1.54) is 24.3 Å². The predicted octanol–water partition coefficient (Wildman–Crippen LogP) is 5.73. The Morgan fingerprint density at radius 2 is 1.74 bits per heavy atom. The van der Waals surface area contributed by atoms with Gasteiger partial charge < -0.3 is 5.11 Å². The summed E-state index contributed by atoms with van der Waals surface area (Å²) in [7, 11) is 0. The number of carbonyl (C=O) groups excluding carboxylic acids is 2. The lowest BCUT2D eigenvalue weighted by molar-refractivity contribution is -0.138. The van der Waals surface area contributed by atoms with Gasteiger partial charge >= 0.3 is 0 Å². The fourth-order valence-electron chi connectivity index (χ4n) is 5.36. The van der Waals surface area contributed by atoms with Crippen molar-refractivity contribution in [3.63, 3.8) is 0 Å². The number of rotatable bonds is 5. The Morgan fingerprint density at radius 1 is 1.06 bits per heavy atom. The first kappa shape index (κ1) is 22.9. The zero-order valence-corrected chi connectivity index (χ0v) is 19.4. The predicted molar refractivity (Wildman–Crippen MR) is 132 cm³/mol. The molecule has 5 rings (SSSR count). The molecule has 0 spiro atoms. The molecule has 3 aromatic carbocycles. The Kier molecular flexibility index (Phi) is 5.69. The van der Waals surface area contributed by atoms with E-state index in [1.807, 2.05) is 6.08 Å². The second-order valence-electron chi connectivity index (χ2n) is 8.66. The quantitative estimate of drug-likeness (QED) is 0.450. The van der Waals surface area contributed by atoms with Crippen LogP contribution in [0.2, 0.25) is 5.02 Å². The number of nitrogens with one attached hydrogen (secondary N) is 1. The van der Waals surface area contributed by atoms with Gasteiger partial charge in [0.2, 0.25) is 0 Å². The number of hydrogen-bond donors (Lipinski definition) is 2. The molecule has 176 valence electrons. The van der Waals surface area contributed by atoms with Crippen molar-refractivity contribution in [1.29, 1.82) is 0 Å². The molecule has 2 N–H and O–H groups in total. The molecule has 0 aromatic heterocycles. The van der Waals surface area contributed by atoms with E-state index in [-0.39, 0.29) is 5.75 Å². The number of phenolic OH excluding ortho intramolecular Hbond substituents is 1. The minimum atomic E-state index is -1.37. The van der Waals surface area contributed by atoms with Crippen molar-refractivity contribution in [2.24, 2.45) is 5.92 Å². The molecule has 2 amide bonds. The molecular weight excluding hydrogens is 467 g/mol. The van der Waals surface area contributed by atoms with Crippen LogP contribution in [0.15, 0.2) is 97.1 Å². The van der Waals surface area contributed by atoms with Crippen molar-refractivity contribution in [1.82, 2.24) is 5.01 Å². The summed E-state index contributed by atoms with van der Waals surface area (Å²) in [6.45, 7) is 3.95. The minimum Gasteiger partial charge on any atom is -0.508 e. The fraction of sp³-hybridized carbons (Fsp3) is 0.143. The number of allylic oxidation sites excluding steroid dienone is 3. The summed E-state index contributed by atoms with van der Waals surface area (Å²) in [5.74, 6) is -2.73. The monoisotopic (exact) mass is 488 g/mol. The topological polar surface area (TPSA) is 69.6 Å². The number of phenols is 1. The van der Waals surface area contributed by atoms with Gasteiger partial charge in [-0.2, -0.15) is 5.01 Å². The van der Waals surface area contributed by atoms with Crippen LogP contribution in [0, 0.1) is 11.7 Å². The van der Waals surface area contributed by atoms with Crippen LogP contribution in [0.3, 0.4) is 0 Å². The van der Waals surface area contributed by atoms with Gasteiger partial charge in [-0.15, -0.1) is 0 Å². The Balaban J connectivity index is 1.74. The Hall–Kier alpha value is -3.90. The number of carbonyl (C=O) groups is 2. The van der Waals surface area contributed by atoms with Crippen molar-refractivity contribution in [3.8, 4) is 5.75 Å². The van der Waals surface area contributed by atoms with Crippen LogP contribution in [0.25, 0.3) is 0 Å². The van der Waals surface area contributed by atoms with Crippen LogP contribution in [-0.2, 0) is 15.0 Å². The molecule has 0 bridgehead atoms. The highest BCUT2D eigenvalue weighted by Gasteiger charge is 2.66. The van der Waals surface area contributed by atoms with Crippen molar-refractivity contribution < 1.29 is 19.1 Å². The molecule has 7 heteroatoms. The molecule has 0 radical (unpaired) electrons. The van der Waals surface area contributed by atoms with E-state index in [4.69, 9.17) is 11.6 Å². The third kappa shape index (κ3) is 3.53. The standard InChI is InChI=1S/C28H22ClFN2O3/c1-2-17-7-16-23-26(34)32(31-21-14-12-20(30)13-15-21)27(35)28(23,18-8-10-19(29)11-9-18)25(17)22-5-3-4-6-24(22)33/h2-15,23,25,31,33H,1,16H2/t23-,25+,28+/m0/s1.